The minimum atomic E-state index is -3.99. The van der Waals surface area contributed by atoms with Crippen molar-refractivity contribution in [2.24, 2.45) is 0 Å². The fourth-order valence-corrected chi connectivity index (χ4v) is 6.04. The number of fused-ring (bicyclic) bond motifs is 3. The number of aromatic nitrogens is 6. The third-order valence-electron chi connectivity index (χ3n) is 6.93. The number of aryl methyl sites for hydroxylation is 1. The van der Waals surface area contributed by atoms with Gasteiger partial charge in [-0.15, -0.1) is 10.2 Å². The first kappa shape index (κ1) is 25.5. The van der Waals surface area contributed by atoms with Gasteiger partial charge in [0.05, 0.1) is 19.3 Å². The van der Waals surface area contributed by atoms with Crippen LogP contribution in [-0.2, 0) is 25.9 Å². The van der Waals surface area contributed by atoms with E-state index in [1.165, 1.54) is 7.11 Å². The van der Waals surface area contributed by atoms with Crippen LogP contribution in [0.4, 0.5) is 5.95 Å². The lowest BCUT2D eigenvalue weighted by atomic mass is 9.92. The maximum absolute atomic E-state index is 13.6. The van der Waals surface area contributed by atoms with Gasteiger partial charge in [-0.3, -0.25) is 9.29 Å². The van der Waals surface area contributed by atoms with Crippen molar-refractivity contribution < 1.29 is 22.6 Å². The van der Waals surface area contributed by atoms with Gasteiger partial charge in [0.1, 0.15) is 17.0 Å². The number of anilines is 1. The lowest BCUT2D eigenvalue weighted by Crippen LogP contribution is -2.37. The zero-order valence-electron chi connectivity index (χ0n) is 21.3. The molecule has 5 rings (SSSR count). The molecule has 0 spiro atoms. The molecule has 0 radical (unpaired) electrons. The van der Waals surface area contributed by atoms with Crippen molar-refractivity contribution in [1.82, 2.24) is 29.7 Å². The molecule has 37 heavy (non-hydrogen) atoms. The van der Waals surface area contributed by atoms with E-state index >= 15 is 0 Å². The average molecular weight is 530 g/mol. The molecule has 12 nitrogen and oxygen atoms in total. The van der Waals surface area contributed by atoms with Gasteiger partial charge in [0.15, 0.2) is 11.6 Å². The fourth-order valence-electron chi connectivity index (χ4n) is 4.90. The Hall–Kier alpha value is -3.16. The van der Waals surface area contributed by atoms with Gasteiger partial charge in [-0.25, -0.2) is 23.4 Å². The highest BCUT2D eigenvalue weighted by Gasteiger charge is 2.39. The van der Waals surface area contributed by atoms with Gasteiger partial charge >= 0.3 is 0 Å². The van der Waals surface area contributed by atoms with E-state index in [4.69, 9.17) is 14.2 Å². The predicted octanol–water partition coefficient (Wildman–Crippen LogP) is 2.63. The summed E-state index contributed by atoms with van der Waals surface area (Å²) in [5.41, 5.74) is 2.46. The molecule has 1 saturated heterocycles. The normalized spacial score (nSPS) is 21.0. The smallest absolute Gasteiger partial charge is 0.240 e. The summed E-state index contributed by atoms with van der Waals surface area (Å²) in [5.74, 6) is 1.30. The number of nitrogens with zero attached hydrogens (tertiary/aromatic N) is 6. The first-order valence-corrected chi connectivity index (χ1v) is 13.8. The molecule has 198 valence electrons. The number of hydrogen-bond donors (Lipinski definition) is 1. The molecule has 0 saturated carbocycles. The predicted molar refractivity (Wildman–Crippen MR) is 135 cm³/mol. The Morgan fingerprint density at radius 3 is 2.62 bits per heavy atom. The van der Waals surface area contributed by atoms with Crippen LogP contribution in [-0.4, -0.2) is 70.3 Å². The molecule has 3 aromatic rings. The van der Waals surface area contributed by atoms with Gasteiger partial charge in [0, 0.05) is 32.2 Å². The highest BCUT2D eigenvalue weighted by atomic mass is 32.2. The molecule has 0 bridgehead atoms. The topological polar surface area (TPSA) is 143 Å². The lowest BCUT2D eigenvalue weighted by molar-refractivity contribution is -0.0166. The number of pyridine rings is 1. The SMILES string of the molecule is COc1ccc2c(n1)-c1nnc(NS(=O)(=O)[C@@H](C)[C@H](OC)c3ncc(C)cn3)n1[C@@H]([C@H]1CCCCO1)C2. The van der Waals surface area contributed by atoms with Crippen LogP contribution in [0.1, 0.15) is 55.3 Å². The zero-order valence-corrected chi connectivity index (χ0v) is 22.1. The molecule has 0 unspecified atom stereocenters. The summed E-state index contributed by atoms with van der Waals surface area (Å²) in [4.78, 5) is 13.1. The van der Waals surface area contributed by atoms with Crippen LogP contribution < -0.4 is 9.46 Å². The Bertz CT molecular complexity index is 1360. The molecular weight excluding hydrogens is 498 g/mol. The number of sulfonamides is 1. The summed E-state index contributed by atoms with van der Waals surface area (Å²) in [6.45, 7) is 4.07. The van der Waals surface area contributed by atoms with Crippen LogP contribution in [0.3, 0.4) is 0 Å². The van der Waals surface area contributed by atoms with E-state index in [0.717, 1.165) is 30.4 Å². The molecule has 2 aliphatic rings. The van der Waals surface area contributed by atoms with E-state index in [1.807, 2.05) is 19.1 Å². The Balaban J connectivity index is 1.51. The summed E-state index contributed by atoms with van der Waals surface area (Å²) < 4.78 is 48.5. The molecule has 1 N–H and O–H groups in total. The zero-order chi connectivity index (χ0) is 26.2. The first-order valence-electron chi connectivity index (χ1n) is 12.3. The van der Waals surface area contributed by atoms with Crippen molar-refractivity contribution in [3.05, 3.63) is 41.5 Å². The molecule has 2 aliphatic heterocycles. The van der Waals surface area contributed by atoms with Gasteiger partial charge in [-0.1, -0.05) is 6.07 Å². The van der Waals surface area contributed by atoms with Crippen molar-refractivity contribution in [2.45, 2.75) is 63.0 Å². The molecule has 4 atom stereocenters. The number of nitrogens with one attached hydrogen (secondary N) is 1. The van der Waals surface area contributed by atoms with Crippen molar-refractivity contribution in [3.8, 4) is 17.4 Å². The van der Waals surface area contributed by atoms with E-state index in [9.17, 15) is 8.42 Å². The Morgan fingerprint density at radius 2 is 1.95 bits per heavy atom. The number of ether oxygens (including phenoxy) is 3. The lowest BCUT2D eigenvalue weighted by Gasteiger charge is -2.35. The molecule has 0 amide bonds. The van der Waals surface area contributed by atoms with Crippen LogP contribution in [0.15, 0.2) is 24.5 Å². The van der Waals surface area contributed by atoms with Crippen molar-refractivity contribution in [2.75, 3.05) is 25.5 Å². The Labute approximate surface area is 215 Å². The van der Waals surface area contributed by atoms with Crippen molar-refractivity contribution >= 4 is 16.0 Å². The molecular formula is C24H31N7O5S. The third kappa shape index (κ3) is 4.90. The van der Waals surface area contributed by atoms with Gasteiger partial charge in [-0.05, 0) is 50.7 Å². The molecule has 5 heterocycles. The minimum Gasteiger partial charge on any atom is -0.481 e. The monoisotopic (exact) mass is 529 g/mol. The quantitative estimate of drug-likeness (QED) is 0.462. The summed E-state index contributed by atoms with van der Waals surface area (Å²) in [7, 11) is -1.01. The highest BCUT2D eigenvalue weighted by molar-refractivity contribution is 7.93. The Morgan fingerprint density at radius 1 is 1.16 bits per heavy atom. The van der Waals surface area contributed by atoms with Crippen molar-refractivity contribution in [1.29, 1.82) is 0 Å². The summed E-state index contributed by atoms with van der Waals surface area (Å²) in [6.07, 6.45) is 5.77. The fraction of sp³-hybridized carbons (Fsp3) is 0.542. The second-order valence-electron chi connectivity index (χ2n) is 9.38. The third-order valence-corrected chi connectivity index (χ3v) is 8.63. The van der Waals surface area contributed by atoms with E-state index < -0.39 is 21.4 Å². The van der Waals surface area contributed by atoms with E-state index in [0.29, 0.717) is 30.4 Å². The number of methoxy groups -OCH3 is 2. The average Bonchev–Trinajstić information content (AvgIpc) is 3.33. The van der Waals surface area contributed by atoms with E-state index in [2.05, 4.69) is 29.9 Å². The van der Waals surface area contributed by atoms with Crippen LogP contribution in [0.5, 0.6) is 5.88 Å². The minimum absolute atomic E-state index is 0.105. The Kier molecular flexibility index (Phi) is 7.10. The van der Waals surface area contributed by atoms with Gasteiger partial charge in [0.2, 0.25) is 21.9 Å². The van der Waals surface area contributed by atoms with Crippen LogP contribution in [0, 0.1) is 6.92 Å². The summed E-state index contributed by atoms with van der Waals surface area (Å²) in [6, 6.07) is 3.58. The number of hydrogen-bond acceptors (Lipinski definition) is 10. The van der Waals surface area contributed by atoms with Crippen LogP contribution in [0.2, 0.25) is 0 Å². The molecule has 0 aromatic carbocycles. The first-order chi connectivity index (χ1) is 17.8. The summed E-state index contributed by atoms with van der Waals surface area (Å²) >= 11 is 0. The van der Waals surface area contributed by atoms with E-state index in [1.54, 1.807) is 31.0 Å². The molecule has 3 aromatic heterocycles. The van der Waals surface area contributed by atoms with Crippen LogP contribution in [0.25, 0.3) is 11.5 Å². The van der Waals surface area contributed by atoms with Gasteiger partial charge in [-0.2, -0.15) is 0 Å². The van der Waals surface area contributed by atoms with Gasteiger partial charge in [0.25, 0.3) is 0 Å². The standard InChI is InChI=1S/C24H31N7O5S/c1-14-12-25-22(26-13-14)21(35-4)15(2)37(32,33)30-24-29-28-23-20-16(8-9-19(27-20)34-3)11-17(31(23)24)18-7-5-6-10-36-18/h8-9,12-13,15,17-18,21H,5-7,10-11H2,1-4H3,(H,29,30)/t15-,17+,18+,21-/m0/s1. The largest absolute Gasteiger partial charge is 0.481 e. The van der Waals surface area contributed by atoms with Gasteiger partial charge < -0.3 is 14.2 Å². The van der Waals surface area contributed by atoms with Crippen LogP contribution >= 0.6 is 0 Å². The second kappa shape index (κ2) is 10.3. The molecule has 0 aliphatic carbocycles. The maximum atomic E-state index is 13.6. The second-order valence-corrected chi connectivity index (χ2v) is 11.4. The maximum Gasteiger partial charge on any atom is 0.240 e. The highest BCUT2D eigenvalue weighted by Crippen LogP contribution is 2.40. The summed E-state index contributed by atoms with van der Waals surface area (Å²) in [5, 5.41) is 7.58. The van der Waals surface area contributed by atoms with E-state index in [-0.39, 0.29) is 23.9 Å². The number of rotatable bonds is 8. The molecule has 13 heteroatoms. The van der Waals surface area contributed by atoms with Crippen molar-refractivity contribution in [3.63, 3.8) is 0 Å². The molecule has 1 fully saturated rings.